The van der Waals surface area contributed by atoms with E-state index in [9.17, 15) is 13.2 Å². The predicted molar refractivity (Wildman–Crippen MR) is 109 cm³/mol. The number of morpholine rings is 1. The van der Waals surface area contributed by atoms with E-state index in [1.54, 1.807) is 48.2 Å². The van der Waals surface area contributed by atoms with E-state index in [-0.39, 0.29) is 16.9 Å². The van der Waals surface area contributed by atoms with Crippen LogP contribution in [0.3, 0.4) is 0 Å². The van der Waals surface area contributed by atoms with Crippen LogP contribution in [0.2, 0.25) is 0 Å². The lowest BCUT2D eigenvalue weighted by Gasteiger charge is -2.32. The molecule has 1 aliphatic heterocycles. The van der Waals surface area contributed by atoms with Gasteiger partial charge in [0.1, 0.15) is 0 Å². The Morgan fingerprint density at radius 3 is 2.39 bits per heavy atom. The number of benzene rings is 2. The molecule has 7 heteroatoms. The van der Waals surface area contributed by atoms with E-state index in [0.29, 0.717) is 37.5 Å². The number of anilines is 1. The average molecular weight is 403 g/mol. The van der Waals surface area contributed by atoms with Gasteiger partial charge in [0.2, 0.25) is 0 Å². The van der Waals surface area contributed by atoms with Crippen LogP contribution >= 0.6 is 0 Å². The molecule has 1 atom stereocenters. The van der Waals surface area contributed by atoms with Gasteiger partial charge in [0, 0.05) is 25.2 Å². The molecular formula is C21H26N2O4S. The van der Waals surface area contributed by atoms with Crippen LogP contribution in [-0.4, -0.2) is 51.6 Å². The lowest BCUT2D eigenvalue weighted by Crippen LogP contribution is -2.45. The highest BCUT2D eigenvalue weighted by Crippen LogP contribution is 2.24. The number of ether oxygens (including phenoxy) is 1. The second kappa shape index (κ2) is 8.75. The smallest absolute Gasteiger partial charge is 0.264 e. The summed E-state index contributed by atoms with van der Waals surface area (Å²) >= 11 is 0. The van der Waals surface area contributed by atoms with Crippen LogP contribution < -0.4 is 4.31 Å². The Morgan fingerprint density at radius 1 is 1.11 bits per heavy atom. The molecule has 1 saturated heterocycles. The molecule has 0 spiro atoms. The highest BCUT2D eigenvalue weighted by molar-refractivity contribution is 7.92. The number of para-hydroxylation sites is 1. The number of nitrogens with zero attached hydrogens (tertiary/aromatic N) is 2. The minimum Gasteiger partial charge on any atom is -0.375 e. The monoisotopic (exact) mass is 402 g/mol. The topological polar surface area (TPSA) is 66.9 Å². The highest BCUT2D eigenvalue weighted by Gasteiger charge is 2.26. The van der Waals surface area contributed by atoms with Crippen molar-refractivity contribution in [1.29, 1.82) is 0 Å². The molecule has 0 radical (unpaired) electrons. The number of rotatable bonds is 6. The zero-order valence-corrected chi connectivity index (χ0v) is 17.1. The second-order valence-electron chi connectivity index (χ2n) is 6.68. The number of hydrogen-bond acceptors (Lipinski definition) is 4. The maximum absolute atomic E-state index is 13.0. The Hall–Kier alpha value is -2.38. The third-order valence-electron chi connectivity index (χ3n) is 4.90. The van der Waals surface area contributed by atoms with Gasteiger partial charge in [-0.1, -0.05) is 25.1 Å². The maximum atomic E-state index is 13.0. The lowest BCUT2D eigenvalue weighted by atomic mass is 10.1. The van der Waals surface area contributed by atoms with E-state index in [1.165, 1.54) is 16.4 Å². The van der Waals surface area contributed by atoms with Gasteiger partial charge in [0.05, 0.1) is 23.3 Å². The Labute approximate surface area is 166 Å². The molecule has 0 N–H and O–H groups in total. The number of carbonyl (C=O) groups is 1. The maximum Gasteiger partial charge on any atom is 0.264 e. The first-order chi connectivity index (χ1) is 13.5. The van der Waals surface area contributed by atoms with Crippen molar-refractivity contribution < 1.29 is 17.9 Å². The Kier molecular flexibility index (Phi) is 6.36. The van der Waals surface area contributed by atoms with Gasteiger partial charge < -0.3 is 9.64 Å². The number of hydrogen-bond donors (Lipinski definition) is 0. The largest absolute Gasteiger partial charge is 0.375 e. The number of carbonyl (C=O) groups excluding carboxylic acids is 1. The summed E-state index contributed by atoms with van der Waals surface area (Å²) in [6.45, 7) is 5.79. The summed E-state index contributed by atoms with van der Waals surface area (Å²) in [4.78, 5) is 14.7. The van der Waals surface area contributed by atoms with Crippen molar-refractivity contribution in [1.82, 2.24) is 4.90 Å². The second-order valence-corrected chi connectivity index (χ2v) is 8.54. The van der Waals surface area contributed by atoms with E-state index in [0.717, 1.165) is 6.42 Å². The Bertz CT molecular complexity index is 898. The van der Waals surface area contributed by atoms with Gasteiger partial charge in [-0.2, -0.15) is 0 Å². The molecule has 6 nitrogen and oxygen atoms in total. The first-order valence-corrected chi connectivity index (χ1v) is 11.0. The van der Waals surface area contributed by atoms with Crippen molar-refractivity contribution >= 4 is 21.6 Å². The first kappa shape index (κ1) is 20.4. The summed E-state index contributed by atoms with van der Waals surface area (Å²) in [5.41, 5.74) is 1.10. The van der Waals surface area contributed by atoms with Crippen molar-refractivity contribution in [2.75, 3.05) is 30.5 Å². The summed E-state index contributed by atoms with van der Waals surface area (Å²) in [6.07, 6.45) is 0.911. The van der Waals surface area contributed by atoms with Crippen LogP contribution in [0.1, 0.15) is 30.6 Å². The van der Waals surface area contributed by atoms with Crippen molar-refractivity contribution in [2.45, 2.75) is 31.3 Å². The van der Waals surface area contributed by atoms with Crippen LogP contribution in [0, 0.1) is 0 Å². The molecule has 1 fully saturated rings. The van der Waals surface area contributed by atoms with E-state index < -0.39 is 10.0 Å². The number of amides is 1. The molecule has 0 aliphatic carbocycles. The summed E-state index contributed by atoms with van der Waals surface area (Å²) in [5, 5.41) is 0. The number of sulfonamides is 1. The van der Waals surface area contributed by atoms with Crippen LogP contribution in [0.25, 0.3) is 0 Å². The normalized spacial score (nSPS) is 17.4. The molecule has 0 saturated carbocycles. The van der Waals surface area contributed by atoms with Crippen LogP contribution in [0.4, 0.5) is 5.69 Å². The molecule has 2 aromatic rings. The van der Waals surface area contributed by atoms with Gasteiger partial charge in [-0.05, 0) is 49.7 Å². The van der Waals surface area contributed by atoms with Crippen molar-refractivity contribution in [3.63, 3.8) is 0 Å². The van der Waals surface area contributed by atoms with Crippen LogP contribution in [0.5, 0.6) is 0 Å². The van der Waals surface area contributed by atoms with E-state index in [4.69, 9.17) is 4.74 Å². The highest BCUT2D eigenvalue weighted by atomic mass is 32.2. The third-order valence-corrected chi connectivity index (χ3v) is 6.82. The summed E-state index contributed by atoms with van der Waals surface area (Å²) in [7, 11) is -3.70. The van der Waals surface area contributed by atoms with Crippen molar-refractivity contribution in [3.8, 4) is 0 Å². The van der Waals surface area contributed by atoms with Gasteiger partial charge in [0.25, 0.3) is 15.9 Å². The molecule has 0 bridgehead atoms. The van der Waals surface area contributed by atoms with E-state index in [1.807, 2.05) is 13.0 Å². The fourth-order valence-electron chi connectivity index (χ4n) is 3.32. The van der Waals surface area contributed by atoms with E-state index in [2.05, 4.69) is 0 Å². The molecule has 1 heterocycles. The minimum atomic E-state index is -3.70. The summed E-state index contributed by atoms with van der Waals surface area (Å²) < 4.78 is 33.1. The SMILES string of the molecule is CCC1CN(C(=O)c2ccc(S(=O)(=O)N(CC)c3ccccc3)cc2)CCO1. The van der Waals surface area contributed by atoms with Gasteiger partial charge in [-0.3, -0.25) is 9.10 Å². The van der Waals surface area contributed by atoms with Gasteiger partial charge in [-0.25, -0.2) is 8.42 Å². The molecule has 150 valence electrons. The molecule has 1 aliphatic rings. The summed E-state index contributed by atoms with van der Waals surface area (Å²) in [6, 6.07) is 15.2. The van der Waals surface area contributed by atoms with E-state index >= 15 is 0 Å². The molecular weight excluding hydrogens is 376 g/mol. The minimum absolute atomic E-state index is 0.0568. The van der Waals surface area contributed by atoms with Gasteiger partial charge >= 0.3 is 0 Å². The zero-order valence-electron chi connectivity index (χ0n) is 16.2. The van der Waals surface area contributed by atoms with Crippen LogP contribution in [-0.2, 0) is 14.8 Å². The zero-order chi connectivity index (χ0) is 20.1. The van der Waals surface area contributed by atoms with Gasteiger partial charge in [0.15, 0.2) is 0 Å². The fraction of sp³-hybridized carbons (Fsp3) is 0.381. The molecule has 1 amide bonds. The van der Waals surface area contributed by atoms with Crippen molar-refractivity contribution in [2.24, 2.45) is 0 Å². The Balaban J connectivity index is 1.80. The quantitative estimate of drug-likeness (QED) is 0.744. The molecule has 1 unspecified atom stereocenters. The fourth-order valence-corrected chi connectivity index (χ4v) is 4.79. The Morgan fingerprint density at radius 2 is 1.79 bits per heavy atom. The standard InChI is InChI=1S/C21H26N2O4S/c1-3-19-16-22(14-15-27-19)21(24)17-10-12-20(13-11-17)28(25,26)23(4-2)18-8-6-5-7-9-18/h5-13,19H,3-4,14-16H2,1-2H3. The molecule has 28 heavy (non-hydrogen) atoms. The molecule has 0 aromatic heterocycles. The summed E-state index contributed by atoms with van der Waals surface area (Å²) in [5.74, 6) is -0.0962. The predicted octanol–water partition coefficient (Wildman–Crippen LogP) is 3.15. The average Bonchev–Trinajstić information content (AvgIpc) is 2.74. The molecule has 3 rings (SSSR count). The lowest BCUT2D eigenvalue weighted by molar-refractivity contribution is -0.0226. The van der Waals surface area contributed by atoms with Crippen molar-refractivity contribution in [3.05, 3.63) is 60.2 Å². The van der Waals surface area contributed by atoms with Crippen LogP contribution in [0.15, 0.2) is 59.5 Å². The van der Waals surface area contributed by atoms with Gasteiger partial charge in [-0.15, -0.1) is 0 Å². The molecule has 2 aromatic carbocycles. The third kappa shape index (κ3) is 4.20. The first-order valence-electron chi connectivity index (χ1n) is 9.56.